The van der Waals surface area contributed by atoms with Gasteiger partial charge in [0.25, 0.3) is 5.91 Å². The number of rotatable bonds is 6. The number of carbonyl (C=O) groups is 1. The minimum atomic E-state index is -3.55. The molecule has 170 valence electrons. The van der Waals surface area contributed by atoms with Gasteiger partial charge in [-0.2, -0.15) is 10.4 Å². The summed E-state index contributed by atoms with van der Waals surface area (Å²) in [6.45, 7) is 0.719. The summed E-state index contributed by atoms with van der Waals surface area (Å²) in [6.07, 6.45) is 0.533. The standard InChI is InChI=1S/C26H22N4O3S/c27-13-6-14-30-26(31)23(28-17-18-7-2-1-3-8-18)16-22(29-30)19-11-12-25-21(15-19)20-9-4-5-10-24(20)34(25,32)33/h1-5,7-12,15,23,28H,6,14,16-17H2. The van der Waals surface area contributed by atoms with E-state index in [1.807, 2.05) is 42.5 Å². The molecule has 34 heavy (non-hydrogen) atoms. The number of nitriles is 1. The average Bonchev–Trinajstić information content (AvgIpc) is 3.10. The van der Waals surface area contributed by atoms with Crippen molar-refractivity contribution in [1.29, 1.82) is 5.26 Å². The third kappa shape index (κ3) is 3.89. The van der Waals surface area contributed by atoms with E-state index in [1.165, 1.54) is 5.01 Å². The maximum atomic E-state index is 13.0. The summed E-state index contributed by atoms with van der Waals surface area (Å²) >= 11 is 0. The summed E-state index contributed by atoms with van der Waals surface area (Å²) in [5, 5.41) is 18.3. The molecule has 1 N–H and O–H groups in total. The van der Waals surface area contributed by atoms with Crippen molar-refractivity contribution in [3.63, 3.8) is 0 Å². The molecule has 0 saturated carbocycles. The number of benzene rings is 3. The first-order chi connectivity index (χ1) is 16.5. The minimum absolute atomic E-state index is 0.170. The minimum Gasteiger partial charge on any atom is -0.301 e. The quantitative estimate of drug-likeness (QED) is 0.465. The molecule has 1 amide bonds. The zero-order valence-electron chi connectivity index (χ0n) is 18.3. The van der Waals surface area contributed by atoms with E-state index in [0.717, 1.165) is 11.1 Å². The Morgan fingerprint density at radius 2 is 1.74 bits per heavy atom. The highest BCUT2D eigenvalue weighted by atomic mass is 32.2. The molecule has 2 aliphatic heterocycles. The summed E-state index contributed by atoms with van der Waals surface area (Å²) in [5.41, 5.74) is 3.80. The molecule has 2 aliphatic rings. The molecule has 0 saturated heterocycles. The van der Waals surface area contributed by atoms with Gasteiger partial charge < -0.3 is 5.32 Å². The van der Waals surface area contributed by atoms with Crippen LogP contribution in [0.3, 0.4) is 0 Å². The summed E-state index contributed by atoms with van der Waals surface area (Å²) in [4.78, 5) is 13.6. The van der Waals surface area contributed by atoms with Gasteiger partial charge in [0.15, 0.2) is 0 Å². The van der Waals surface area contributed by atoms with Gasteiger partial charge in [0, 0.05) is 24.1 Å². The maximum Gasteiger partial charge on any atom is 0.260 e. The number of hydrazone groups is 1. The molecule has 0 fully saturated rings. The third-order valence-electron chi connectivity index (χ3n) is 6.09. The SMILES string of the molecule is N#CCCN1N=C(c2ccc3c(c2)-c2ccccc2S3(=O)=O)CC(NCc2ccccc2)C1=O. The molecule has 3 aromatic carbocycles. The number of fused-ring (bicyclic) bond motifs is 3. The van der Waals surface area contributed by atoms with Crippen LogP contribution in [0.25, 0.3) is 11.1 Å². The zero-order valence-corrected chi connectivity index (χ0v) is 19.1. The Morgan fingerprint density at radius 3 is 2.53 bits per heavy atom. The highest BCUT2D eigenvalue weighted by molar-refractivity contribution is 7.92. The number of amides is 1. The average molecular weight is 471 g/mol. The number of hydrogen-bond acceptors (Lipinski definition) is 6. The summed E-state index contributed by atoms with van der Waals surface area (Å²) in [5.74, 6) is -0.177. The van der Waals surface area contributed by atoms with Crippen LogP contribution < -0.4 is 5.32 Å². The highest BCUT2D eigenvalue weighted by Gasteiger charge is 2.35. The van der Waals surface area contributed by atoms with Crippen LogP contribution in [0.4, 0.5) is 0 Å². The van der Waals surface area contributed by atoms with Gasteiger partial charge in [-0.15, -0.1) is 0 Å². The molecule has 5 rings (SSSR count). The number of sulfone groups is 1. The smallest absolute Gasteiger partial charge is 0.260 e. The second-order valence-corrected chi connectivity index (χ2v) is 10.1. The summed E-state index contributed by atoms with van der Waals surface area (Å²) in [6, 6.07) is 23.5. The molecule has 3 aromatic rings. The number of nitrogens with one attached hydrogen (secondary N) is 1. The Bertz CT molecular complexity index is 1440. The largest absolute Gasteiger partial charge is 0.301 e. The van der Waals surface area contributed by atoms with Crippen LogP contribution in [0.15, 0.2) is 87.7 Å². The fourth-order valence-electron chi connectivity index (χ4n) is 4.38. The maximum absolute atomic E-state index is 13.0. The number of nitrogens with zero attached hydrogens (tertiary/aromatic N) is 3. The molecule has 7 nitrogen and oxygen atoms in total. The zero-order chi connectivity index (χ0) is 23.7. The lowest BCUT2D eigenvalue weighted by molar-refractivity contribution is -0.134. The predicted octanol–water partition coefficient (Wildman–Crippen LogP) is 3.51. The third-order valence-corrected chi connectivity index (χ3v) is 7.96. The second kappa shape index (κ2) is 8.86. The Kier molecular flexibility index (Phi) is 5.74. The van der Waals surface area contributed by atoms with Crippen LogP contribution in [-0.4, -0.2) is 37.6 Å². The Morgan fingerprint density at radius 1 is 1.00 bits per heavy atom. The Labute approximate surface area is 198 Å². The van der Waals surface area contributed by atoms with Crippen molar-refractivity contribution in [3.05, 3.63) is 83.9 Å². The molecular weight excluding hydrogens is 448 g/mol. The van der Waals surface area contributed by atoms with E-state index in [0.29, 0.717) is 34.7 Å². The van der Waals surface area contributed by atoms with Gasteiger partial charge in [0.05, 0.1) is 40.6 Å². The normalized spacial score (nSPS) is 18.1. The van der Waals surface area contributed by atoms with Gasteiger partial charge in [0.1, 0.15) is 0 Å². The van der Waals surface area contributed by atoms with Crippen LogP contribution in [0.5, 0.6) is 0 Å². The number of hydrogen-bond donors (Lipinski definition) is 1. The number of carbonyl (C=O) groups excluding carboxylic acids is 1. The first-order valence-electron chi connectivity index (χ1n) is 11.0. The van der Waals surface area contributed by atoms with Gasteiger partial charge in [-0.1, -0.05) is 54.6 Å². The summed E-state index contributed by atoms with van der Waals surface area (Å²) < 4.78 is 25.8. The van der Waals surface area contributed by atoms with Crippen LogP contribution in [0.2, 0.25) is 0 Å². The van der Waals surface area contributed by atoms with Crippen molar-refractivity contribution in [2.45, 2.75) is 35.2 Å². The topological polar surface area (TPSA) is 103 Å². The van der Waals surface area contributed by atoms with Gasteiger partial charge in [0.2, 0.25) is 9.84 Å². The van der Waals surface area contributed by atoms with Gasteiger partial charge in [-0.25, -0.2) is 13.4 Å². The van der Waals surface area contributed by atoms with E-state index >= 15 is 0 Å². The van der Waals surface area contributed by atoms with Gasteiger partial charge in [-0.3, -0.25) is 4.79 Å². The van der Waals surface area contributed by atoms with E-state index in [4.69, 9.17) is 5.26 Å². The monoisotopic (exact) mass is 470 g/mol. The predicted molar refractivity (Wildman–Crippen MR) is 127 cm³/mol. The molecule has 1 unspecified atom stereocenters. The van der Waals surface area contributed by atoms with Crippen molar-refractivity contribution in [3.8, 4) is 17.2 Å². The molecule has 0 aliphatic carbocycles. The van der Waals surface area contributed by atoms with Crippen molar-refractivity contribution in [2.75, 3.05) is 6.54 Å². The molecule has 2 heterocycles. The Hall–Kier alpha value is -3.80. The molecule has 0 spiro atoms. The van der Waals surface area contributed by atoms with E-state index in [9.17, 15) is 13.2 Å². The lowest BCUT2D eigenvalue weighted by atomic mass is 9.96. The van der Waals surface area contributed by atoms with Crippen molar-refractivity contribution in [1.82, 2.24) is 10.3 Å². The first kappa shape index (κ1) is 22.0. The van der Waals surface area contributed by atoms with Crippen molar-refractivity contribution in [2.24, 2.45) is 5.10 Å². The van der Waals surface area contributed by atoms with E-state index < -0.39 is 15.9 Å². The fourth-order valence-corrected chi connectivity index (χ4v) is 6.05. The van der Waals surface area contributed by atoms with Gasteiger partial charge in [-0.05, 0) is 29.3 Å². The lowest BCUT2D eigenvalue weighted by Crippen LogP contribution is -2.49. The van der Waals surface area contributed by atoms with Crippen LogP contribution in [0, 0.1) is 11.3 Å². The van der Waals surface area contributed by atoms with Crippen molar-refractivity contribution < 1.29 is 13.2 Å². The van der Waals surface area contributed by atoms with Crippen LogP contribution in [0.1, 0.15) is 24.0 Å². The van der Waals surface area contributed by atoms with Crippen LogP contribution in [-0.2, 0) is 21.2 Å². The second-order valence-electron chi connectivity index (χ2n) is 8.25. The first-order valence-corrected chi connectivity index (χ1v) is 12.5. The fraction of sp³-hybridized carbons (Fsp3) is 0.192. The van der Waals surface area contributed by atoms with E-state index in [-0.39, 0.29) is 23.8 Å². The molecule has 0 bridgehead atoms. The van der Waals surface area contributed by atoms with E-state index in [2.05, 4.69) is 16.5 Å². The molecule has 0 radical (unpaired) electrons. The van der Waals surface area contributed by atoms with Crippen LogP contribution >= 0.6 is 0 Å². The summed E-state index contributed by atoms with van der Waals surface area (Å²) in [7, 11) is -3.55. The van der Waals surface area contributed by atoms with Crippen molar-refractivity contribution >= 4 is 21.5 Å². The molecule has 8 heteroatoms. The molecule has 0 aromatic heterocycles. The lowest BCUT2D eigenvalue weighted by Gasteiger charge is -2.30. The Balaban J connectivity index is 1.49. The van der Waals surface area contributed by atoms with E-state index in [1.54, 1.807) is 30.3 Å². The molecule has 1 atom stereocenters. The molecular formula is C26H22N4O3S. The van der Waals surface area contributed by atoms with Gasteiger partial charge >= 0.3 is 0 Å². The highest BCUT2D eigenvalue weighted by Crippen LogP contribution is 2.43.